The highest BCUT2D eigenvalue weighted by atomic mass is 32.2. The van der Waals surface area contributed by atoms with E-state index < -0.39 is 10.0 Å². The Morgan fingerprint density at radius 1 is 1.17 bits per heavy atom. The zero-order valence-electron chi connectivity index (χ0n) is 17.9. The van der Waals surface area contributed by atoms with Crippen molar-refractivity contribution >= 4 is 33.4 Å². The summed E-state index contributed by atoms with van der Waals surface area (Å²) in [6.07, 6.45) is 2.49. The van der Waals surface area contributed by atoms with Crippen LogP contribution in [0.4, 0.5) is 5.69 Å². The van der Waals surface area contributed by atoms with Crippen LogP contribution in [0, 0.1) is 13.8 Å². The number of anilines is 1. The maximum Gasteiger partial charge on any atom is 0.243 e. The van der Waals surface area contributed by atoms with Crippen molar-refractivity contribution in [3.63, 3.8) is 0 Å². The fourth-order valence-corrected chi connectivity index (χ4v) is 5.04. The number of aryl methyl sites for hydroxylation is 2. The van der Waals surface area contributed by atoms with Crippen molar-refractivity contribution in [2.75, 3.05) is 24.7 Å². The summed E-state index contributed by atoms with van der Waals surface area (Å²) in [6.45, 7) is 7.94. The van der Waals surface area contributed by atoms with E-state index in [4.69, 9.17) is 0 Å². The first-order valence-electron chi connectivity index (χ1n) is 9.65. The number of hydrogen-bond acceptors (Lipinski definition) is 7. The lowest BCUT2D eigenvalue weighted by atomic mass is 10.1. The number of nitrogens with zero attached hydrogens (tertiary/aromatic N) is 3. The predicted octanol–water partition coefficient (Wildman–Crippen LogP) is 3.12. The summed E-state index contributed by atoms with van der Waals surface area (Å²) < 4.78 is 26.7. The lowest BCUT2D eigenvalue weighted by Crippen LogP contribution is -2.30. The molecule has 2 rings (SSSR count). The highest BCUT2D eigenvalue weighted by Crippen LogP contribution is 2.28. The number of phenols is 1. The SMILES string of the molecule is CCN(CC)S(=O)(=O)c1ccc(O)c(NC(=O)CCc2c(C)nc(SC)nc2C)c1. The fourth-order valence-electron chi connectivity index (χ4n) is 3.10. The Labute approximate surface area is 182 Å². The molecule has 0 spiro atoms. The third-order valence-corrected chi connectivity index (χ3v) is 7.36. The third-order valence-electron chi connectivity index (χ3n) is 4.77. The van der Waals surface area contributed by atoms with Crippen molar-refractivity contribution < 1.29 is 18.3 Å². The number of carbonyl (C=O) groups excluding carboxylic acids is 1. The van der Waals surface area contributed by atoms with Crippen LogP contribution in [0.15, 0.2) is 28.3 Å². The van der Waals surface area contributed by atoms with Gasteiger partial charge in [0.2, 0.25) is 15.9 Å². The molecular formula is C20H28N4O4S2. The summed E-state index contributed by atoms with van der Waals surface area (Å²) in [5.74, 6) is -0.530. The number of thioether (sulfide) groups is 1. The minimum Gasteiger partial charge on any atom is -0.506 e. The number of rotatable bonds is 9. The summed E-state index contributed by atoms with van der Waals surface area (Å²) >= 11 is 1.46. The molecule has 2 aromatic rings. The van der Waals surface area contributed by atoms with Crippen molar-refractivity contribution in [2.45, 2.75) is 50.6 Å². The molecule has 30 heavy (non-hydrogen) atoms. The quantitative estimate of drug-likeness (QED) is 0.341. The van der Waals surface area contributed by atoms with E-state index in [9.17, 15) is 18.3 Å². The number of benzene rings is 1. The number of aromatic hydroxyl groups is 1. The molecule has 0 aliphatic rings. The average Bonchev–Trinajstić information content (AvgIpc) is 2.69. The molecule has 0 radical (unpaired) electrons. The van der Waals surface area contributed by atoms with Crippen molar-refractivity contribution in [1.82, 2.24) is 14.3 Å². The smallest absolute Gasteiger partial charge is 0.243 e. The van der Waals surface area contributed by atoms with Crippen LogP contribution < -0.4 is 5.32 Å². The standard InChI is InChI=1S/C20H28N4O4S2/c1-6-24(7-2)30(27,28)15-8-10-18(25)17(12-15)23-19(26)11-9-16-13(3)21-20(29-5)22-14(16)4/h8,10,12,25H,6-7,9,11H2,1-5H3,(H,23,26). The number of nitrogens with one attached hydrogen (secondary N) is 1. The Kier molecular flexibility index (Phi) is 8.22. The van der Waals surface area contributed by atoms with E-state index in [2.05, 4.69) is 15.3 Å². The highest BCUT2D eigenvalue weighted by molar-refractivity contribution is 7.98. The normalized spacial score (nSPS) is 11.7. The first-order valence-corrected chi connectivity index (χ1v) is 12.3. The average molecular weight is 453 g/mol. The molecule has 0 aliphatic carbocycles. The number of amides is 1. The summed E-state index contributed by atoms with van der Waals surface area (Å²) in [7, 11) is -3.70. The summed E-state index contributed by atoms with van der Waals surface area (Å²) in [5, 5.41) is 13.4. The number of aromatic nitrogens is 2. The monoisotopic (exact) mass is 452 g/mol. The van der Waals surface area contributed by atoms with Crippen LogP contribution in [-0.4, -0.2) is 53.0 Å². The largest absolute Gasteiger partial charge is 0.506 e. The molecule has 1 heterocycles. The molecule has 0 atom stereocenters. The first-order chi connectivity index (χ1) is 14.1. The van der Waals surface area contributed by atoms with Gasteiger partial charge in [0.1, 0.15) is 5.75 Å². The Morgan fingerprint density at radius 2 is 1.77 bits per heavy atom. The second-order valence-electron chi connectivity index (χ2n) is 6.68. The number of hydrogen-bond donors (Lipinski definition) is 2. The van der Waals surface area contributed by atoms with Crippen LogP contribution >= 0.6 is 11.8 Å². The molecule has 1 aromatic carbocycles. The number of phenolic OH excluding ortho intramolecular Hbond substituents is 1. The Bertz CT molecular complexity index is 998. The predicted molar refractivity (Wildman–Crippen MR) is 118 cm³/mol. The van der Waals surface area contributed by atoms with Gasteiger partial charge in [-0.15, -0.1) is 0 Å². The van der Waals surface area contributed by atoms with Gasteiger partial charge in [-0.2, -0.15) is 4.31 Å². The molecule has 0 unspecified atom stereocenters. The van der Waals surface area contributed by atoms with E-state index in [1.807, 2.05) is 20.1 Å². The summed E-state index contributed by atoms with van der Waals surface area (Å²) in [6, 6.07) is 3.89. The van der Waals surface area contributed by atoms with Gasteiger partial charge in [-0.25, -0.2) is 18.4 Å². The Morgan fingerprint density at radius 3 is 2.30 bits per heavy atom. The lowest BCUT2D eigenvalue weighted by Gasteiger charge is -2.19. The van der Waals surface area contributed by atoms with Crippen molar-refractivity contribution in [2.24, 2.45) is 0 Å². The first kappa shape index (κ1) is 24.1. The molecule has 0 aliphatic heterocycles. The maximum atomic E-state index is 12.7. The molecule has 0 bridgehead atoms. The van der Waals surface area contributed by atoms with Crippen molar-refractivity contribution in [3.05, 3.63) is 35.2 Å². The second kappa shape index (κ2) is 10.2. The van der Waals surface area contributed by atoms with Crippen LogP contribution in [0.1, 0.15) is 37.2 Å². The topological polar surface area (TPSA) is 112 Å². The minimum atomic E-state index is -3.70. The van der Waals surface area contributed by atoms with E-state index >= 15 is 0 Å². The third kappa shape index (κ3) is 5.50. The lowest BCUT2D eigenvalue weighted by molar-refractivity contribution is -0.116. The Balaban J connectivity index is 2.16. The van der Waals surface area contributed by atoms with E-state index in [-0.39, 0.29) is 28.7 Å². The van der Waals surface area contributed by atoms with Gasteiger partial charge in [-0.1, -0.05) is 25.6 Å². The molecule has 0 fully saturated rings. The van der Waals surface area contributed by atoms with E-state index in [1.165, 1.54) is 34.3 Å². The molecule has 0 saturated carbocycles. The van der Waals surface area contributed by atoms with Gasteiger partial charge < -0.3 is 10.4 Å². The van der Waals surface area contributed by atoms with E-state index in [0.717, 1.165) is 17.0 Å². The van der Waals surface area contributed by atoms with Crippen LogP contribution in [-0.2, 0) is 21.2 Å². The Hall–Kier alpha value is -2.17. The molecule has 1 amide bonds. The van der Waals surface area contributed by atoms with Gasteiger partial charge >= 0.3 is 0 Å². The van der Waals surface area contributed by atoms with Crippen LogP contribution in [0.5, 0.6) is 5.75 Å². The zero-order chi connectivity index (χ0) is 22.5. The van der Waals surface area contributed by atoms with Crippen LogP contribution in [0.3, 0.4) is 0 Å². The van der Waals surface area contributed by atoms with Crippen molar-refractivity contribution in [1.29, 1.82) is 0 Å². The van der Waals surface area contributed by atoms with Gasteiger partial charge in [-0.3, -0.25) is 4.79 Å². The number of carbonyl (C=O) groups is 1. The van der Waals surface area contributed by atoms with Gasteiger partial charge in [0.15, 0.2) is 5.16 Å². The molecular weight excluding hydrogens is 424 g/mol. The summed E-state index contributed by atoms with van der Waals surface area (Å²) in [4.78, 5) is 21.3. The van der Waals surface area contributed by atoms with Crippen LogP contribution in [0.2, 0.25) is 0 Å². The van der Waals surface area contributed by atoms with E-state index in [0.29, 0.717) is 24.7 Å². The molecule has 164 valence electrons. The molecule has 8 nitrogen and oxygen atoms in total. The van der Waals surface area contributed by atoms with Gasteiger partial charge in [-0.05, 0) is 50.3 Å². The van der Waals surface area contributed by atoms with Crippen LogP contribution in [0.25, 0.3) is 0 Å². The molecule has 1 aromatic heterocycles. The molecule has 0 saturated heterocycles. The highest BCUT2D eigenvalue weighted by Gasteiger charge is 2.23. The van der Waals surface area contributed by atoms with E-state index in [1.54, 1.807) is 13.8 Å². The number of sulfonamides is 1. The van der Waals surface area contributed by atoms with Gasteiger partial charge in [0.25, 0.3) is 0 Å². The van der Waals surface area contributed by atoms with Gasteiger partial charge in [0, 0.05) is 30.9 Å². The fraction of sp³-hybridized carbons (Fsp3) is 0.450. The van der Waals surface area contributed by atoms with Gasteiger partial charge in [0.05, 0.1) is 10.6 Å². The molecule has 2 N–H and O–H groups in total. The minimum absolute atomic E-state index is 0.0204. The molecule has 10 heteroatoms. The zero-order valence-corrected chi connectivity index (χ0v) is 19.5. The van der Waals surface area contributed by atoms with Crippen molar-refractivity contribution in [3.8, 4) is 5.75 Å². The summed E-state index contributed by atoms with van der Waals surface area (Å²) in [5.41, 5.74) is 2.63. The maximum absolute atomic E-state index is 12.7. The second-order valence-corrected chi connectivity index (χ2v) is 9.39.